The summed E-state index contributed by atoms with van der Waals surface area (Å²) in [5.41, 5.74) is 5.17. The van der Waals surface area contributed by atoms with Gasteiger partial charge in [0.1, 0.15) is 18.0 Å². The van der Waals surface area contributed by atoms with E-state index in [4.69, 9.17) is 15.2 Å². The molecule has 0 aromatic heterocycles. The maximum absolute atomic E-state index is 12.2. The van der Waals surface area contributed by atoms with Crippen molar-refractivity contribution in [3.05, 3.63) is 30.3 Å². The first-order chi connectivity index (χ1) is 12.0. The summed E-state index contributed by atoms with van der Waals surface area (Å²) in [5.74, 6) is 0.736. The summed E-state index contributed by atoms with van der Waals surface area (Å²) in [7, 11) is 0. The molecule has 2 fully saturated rings. The lowest BCUT2D eigenvalue weighted by atomic mass is 9.91. The number of piperidine rings is 1. The quantitative estimate of drug-likeness (QED) is 0.866. The Morgan fingerprint density at radius 1 is 1.32 bits per heavy atom. The van der Waals surface area contributed by atoms with Crippen LogP contribution in [0, 0.1) is 0 Å². The highest BCUT2D eigenvalue weighted by molar-refractivity contribution is 5.81. The third kappa shape index (κ3) is 4.04. The molecule has 3 rings (SSSR count). The van der Waals surface area contributed by atoms with Crippen LogP contribution in [0.5, 0.6) is 5.75 Å². The average Bonchev–Trinajstić information content (AvgIpc) is 2.91. The molecule has 7 nitrogen and oxygen atoms in total. The molecule has 0 radical (unpaired) electrons. The number of likely N-dealkylation sites (tertiary alicyclic amines) is 1. The van der Waals surface area contributed by atoms with Gasteiger partial charge in [-0.3, -0.25) is 4.79 Å². The topological polar surface area (TPSA) is 85.1 Å². The molecule has 2 saturated heterocycles. The Kier molecular flexibility index (Phi) is 5.13. The van der Waals surface area contributed by atoms with Gasteiger partial charge in [0, 0.05) is 25.9 Å². The number of para-hydroxylation sites is 1. The van der Waals surface area contributed by atoms with Crippen molar-refractivity contribution < 1.29 is 19.1 Å². The predicted molar refractivity (Wildman–Crippen MR) is 92.2 cm³/mol. The number of carbonyl (C=O) groups is 2. The van der Waals surface area contributed by atoms with Crippen molar-refractivity contribution in [2.24, 2.45) is 5.73 Å². The monoisotopic (exact) mass is 347 g/mol. The second kappa shape index (κ2) is 7.31. The summed E-state index contributed by atoms with van der Waals surface area (Å²) in [6, 6.07) is 9.02. The van der Waals surface area contributed by atoms with E-state index in [9.17, 15) is 9.59 Å². The van der Waals surface area contributed by atoms with Gasteiger partial charge in [0.05, 0.1) is 19.1 Å². The van der Waals surface area contributed by atoms with E-state index in [0.717, 1.165) is 5.75 Å². The minimum atomic E-state index is -0.494. The number of rotatable bonds is 5. The van der Waals surface area contributed by atoms with Gasteiger partial charge in [-0.25, -0.2) is 4.79 Å². The van der Waals surface area contributed by atoms with Gasteiger partial charge < -0.3 is 25.0 Å². The van der Waals surface area contributed by atoms with E-state index in [-0.39, 0.29) is 12.0 Å². The number of carbonyl (C=O) groups excluding carboxylic acids is 2. The number of nitrogens with zero attached hydrogens (tertiary/aromatic N) is 2. The fourth-order valence-corrected chi connectivity index (χ4v) is 3.34. The smallest absolute Gasteiger partial charge is 0.410 e. The van der Waals surface area contributed by atoms with Crippen LogP contribution in [0.25, 0.3) is 0 Å². The molecule has 1 aromatic carbocycles. The van der Waals surface area contributed by atoms with Crippen molar-refractivity contribution in [2.75, 3.05) is 32.8 Å². The molecule has 7 heteroatoms. The van der Waals surface area contributed by atoms with E-state index in [0.29, 0.717) is 45.6 Å². The van der Waals surface area contributed by atoms with Gasteiger partial charge in [0.15, 0.2) is 0 Å². The Labute approximate surface area is 147 Å². The highest BCUT2D eigenvalue weighted by Crippen LogP contribution is 2.33. The van der Waals surface area contributed by atoms with Crippen molar-refractivity contribution in [2.45, 2.75) is 31.4 Å². The fourth-order valence-electron chi connectivity index (χ4n) is 3.34. The molecule has 1 spiro atoms. The lowest BCUT2D eigenvalue weighted by molar-refractivity contribution is -0.135. The van der Waals surface area contributed by atoms with E-state index in [2.05, 4.69) is 0 Å². The van der Waals surface area contributed by atoms with Crippen LogP contribution in [0.3, 0.4) is 0 Å². The molecular formula is C18H25N3O4. The highest BCUT2D eigenvalue weighted by atomic mass is 16.6. The van der Waals surface area contributed by atoms with Crippen molar-refractivity contribution >= 4 is 12.0 Å². The molecule has 2 aliphatic rings. The molecule has 2 N–H and O–H groups in total. The standard InChI is InChI=1S/C18H25N3O4/c1-14(19)16(22)20-9-7-18(8-10-20)13-21(17(23)25-18)11-12-24-15-5-3-2-4-6-15/h2-6,14H,7-13,19H2,1H3/t14-/m1/s1. The van der Waals surface area contributed by atoms with Gasteiger partial charge in [-0.05, 0) is 19.1 Å². The number of amides is 2. The summed E-state index contributed by atoms with van der Waals surface area (Å²) in [6.07, 6.45) is 0.990. The van der Waals surface area contributed by atoms with Crippen LogP contribution in [0.4, 0.5) is 4.79 Å². The maximum atomic E-state index is 12.2. The van der Waals surface area contributed by atoms with Crippen LogP contribution in [0.15, 0.2) is 30.3 Å². The Morgan fingerprint density at radius 2 is 2.00 bits per heavy atom. The second-order valence-corrected chi connectivity index (χ2v) is 6.75. The zero-order valence-corrected chi connectivity index (χ0v) is 14.5. The lowest BCUT2D eigenvalue weighted by Gasteiger charge is -2.38. The fraction of sp³-hybridized carbons (Fsp3) is 0.556. The number of hydrogen-bond acceptors (Lipinski definition) is 5. The summed E-state index contributed by atoms with van der Waals surface area (Å²) in [6.45, 7) is 4.29. The van der Waals surface area contributed by atoms with Crippen LogP contribution in [0.2, 0.25) is 0 Å². The molecule has 0 saturated carbocycles. The maximum Gasteiger partial charge on any atom is 0.410 e. The van der Waals surface area contributed by atoms with Crippen molar-refractivity contribution in [1.29, 1.82) is 0 Å². The Morgan fingerprint density at radius 3 is 2.64 bits per heavy atom. The molecule has 1 aromatic rings. The average molecular weight is 347 g/mol. The van der Waals surface area contributed by atoms with Gasteiger partial charge in [-0.1, -0.05) is 18.2 Å². The van der Waals surface area contributed by atoms with Gasteiger partial charge >= 0.3 is 6.09 Å². The molecular weight excluding hydrogens is 322 g/mol. The predicted octanol–water partition coefficient (Wildman–Crippen LogP) is 1.23. The number of nitrogens with two attached hydrogens (primary N) is 1. The van der Waals surface area contributed by atoms with E-state index in [1.54, 1.807) is 16.7 Å². The Bertz CT molecular complexity index is 612. The van der Waals surface area contributed by atoms with Crippen molar-refractivity contribution in [3.8, 4) is 5.75 Å². The molecule has 136 valence electrons. The zero-order chi connectivity index (χ0) is 17.9. The molecule has 0 unspecified atom stereocenters. The summed E-state index contributed by atoms with van der Waals surface area (Å²) in [5, 5.41) is 0. The van der Waals surface area contributed by atoms with Gasteiger partial charge in [0.25, 0.3) is 0 Å². The van der Waals surface area contributed by atoms with E-state index in [1.165, 1.54) is 0 Å². The molecule has 25 heavy (non-hydrogen) atoms. The third-order valence-electron chi connectivity index (χ3n) is 4.79. The lowest BCUT2D eigenvalue weighted by Crippen LogP contribution is -2.52. The molecule has 1 atom stereocenters. The molecule has 0 bridgehead atoms. The van der Waals surface area contributed by atoms with Crippen molar-refractivity contribution in [1.82, 2.24) is 9.80 Å². The van der Waals surface area contributed by atoms with E-state index >= 15 is 0 Å². The normalized spacial score (nSPS) is 20.5. The summed E-state index contributed by atoms with van der Waals surface area (Å²) in [4.78, 5) is 27.6. The first-order valence-electron chi connectivity index (χ1n) is 8.69. The van der Waals surface area contributed by atoms with Gasteiger partial charge in [-0.2, -0.15) is 0 Å². The Hall–Kier alpha value is -2.28. The molecule has 0 aliphatic carbocycles. The van der Waals surface area contributed by atoms with Gasteiger partial charge in [0.2, 0.25) is 5.91 Å². The van der Waals surface area contributed by atoms with E-state index < -0.39 is 11.6 Å². The van der Waals surface area contributed by atoms with Crippen LogP contribution >= 0.6 is 0 Å². The minimum Gasteiger partial charge on any atom is -0.492 e. The zero-order valence-electron chi connectivity index (χ0n) is 14.5. The Balaban J connectivity index is 1.48. The number of ether oxygens (including phenoxy) is 2. The summed E-state index contributed by atoms with van der Waals surface area (Å²) >= 11 is 0. The second-order valence-electron chi connectivity index (χ2n) is 6.75. The first-order valence-corrected chi connectivity index (χ1v) is 8.69. The largest absolute Gasteiger partial charge is 0.492 e. The van der Waals surface area contributed by atoms with Crippen LogP contribution in [-0.4, -0.2) is 66.2 Å². The van der Waals surface area contributed by atoms with Crippen LogP contribution in [-0.2, 0) is 9.53 Å². The SMILES string of the molecule is C[C@@H](N)C(=O)N1CCC2(CC1)CN(CCOc1ccccc1)C(=O)O2. The summed E-state index contributed by atoms with van der Waals surface area (Å²) < 4.78 is 11.3. The molecule has 2 heterocycles. The van der Waals surface area contributed by atoms with Gasteiger partial charge in [-0.15, -0.1) is 0 Å². The number of benzene rings is 1. The van der Waals surface area contributed by atoms with Crippen molar-refractivity contribution in [3.63, 3.8) is 0 Å². The molecule has 2 amide bonds. The van der Waals surface area contributed by atoms with Crippen LogP contribution < -0.4 is 10.5 Å². The minimum absolute atomic E-state index is 0.0488. The first kappa shape index (κ1) is 17.5. The molecule has 2 aliphatic heterocycles. The number of hydrogen-bond donors (Lipinski definition) is 1. The van der Waals surface area contributed by atoms with Crippen LogP contribution in [0.1, 0.15) is 19.8 Å². The highest BCUT2D eigenvalue weighted by Gasteiger charge is 2.47. The van der Waals surface area contributed by atoms with E-state index in [1.807, 2.05) is 30.3 Å². The third-order valence-corrected chi connectivity index (χ3v) is 4.79.